The van der Waals surface area contributed by atoms with E-state index in [1.54, 1.807) is 25.3 Å². The van der Waals surface area contributed by atoms with Crippen LogP contribution in [0, 0.1) is 0 Å². The van der Waals surface area contributed by atoms with E-state index in [2.05, 4.69) is 10.2 Å². The van der Waals surface area contributed by atoms with E-state index in [1.165, 1.54) is 0 Å². The van der Waals surface area contributed by atoms with Gasteiger partial charge in [-0.05, 0) is 18.6 Å². The Morgan fingerprint density at radius 2 is 2.29 bits per heavy atom. The number of hydrogen-bond donors (Lipinski definition) is 2. The molecule has 3 N–H and O–H groups in total. The highest BCUT2D eigenvalue weighted by Crippen LogP contribution is 2.24. The molecule has 1 saturated heterocycles. The van der Waals surface area contributed by atoms with Crippen molar-refractivity contribution in [2.24, 2.45) is 0 Å². The monoisotopic (exact) mass is 293 g/mol. The molecule has 1 aromatic carbocycles. The summed E-state index contributed by atoms with van der Waals surface area (Å²) in [6.07, 6.45) is 1.47. The molecule has 1 aliphatic rings. The zero-order valence-electron chi connectivity index (χ0n) is 12.4. The van der Waals surface area contributed by atoms with Gasteiger partial charge >= 0.3 is 0 Å². The number of anilines is 2. The highest BCUT2D eigenvalue weighted by Gasteiger charge is 2.12. The fourth-order valence-corrected chi connectivity index (χ4v) is 2.28. The Balaban J connectivity index is 1.81. The first kappa shape index (κ1) is 15.6. The Bertz CT molecular complexity index is 471. The standard InChI is InChI=1S/C15H23N3O3/c1-20-12-3-4-14(13(16)11-12)17-15(19)5-7-18-6-2-9-21-10-8-18/h3-4,11H,2,5-10,16H2,1H3,(H,17,19). The molecule has 21 heavy (non-hydrogen) atoms. The number of carbonyl (C=O) groups excluding carboxylic acids is 1. The summed E-state index contributed by atoms with van der Waals surface area (Å²) in [4.78, 5) is 14.2. The second-order valence-corrected chi connectivity index (χ2v) is 5.06. The van der Waals surface area contributed by atoms with E-state index in [1.807, 2.05) is 0 Å². The predicted octanol–water partition coefficient (Wildman–Crippen LogP) is 1.33. The normalized spacial score (nSPS) is 16.2. The highest BCUT2D eigenvalue weighted by atomic mass is 16.5. The summed E-state index contributed by atoms with van der Waals surface area (Å²) in [6.45, 7) is 4.17. The maximum absolute atomic E-state index is 12.0. The molecule has 1 amide bonds. The fourth-order valence-electron chi connectivity index (χ4n) is 2.28. The first-order valence-corrected chi connectivity index (χ1v) is 7.22. The van der Waals surface area contributed by atoms with Crippen LogP contribution in [0.4, 0.5) is 11.4 Å². The molecule has 6 nitrogen and oxygen atoms in total. The van der Waals surface area contributed by atoms with Crippen LogP contribution in [0.15, 0.2) is 18.2 Å². The van der Waals surface area contributed by atoms with Crippen molar-refractivity contribution < 1.29 is 14.3 Å². The van der Waals surface area contributed by atoms with Crippen molar-refractivity contribution in [1.29, 1.82) is 0 Å². The molecule has 6 heteroatoms. The zero-order valence-corrected chi connectivity index (χ0v) is 12.4. The lowest BCUT2D eigenvalue weighted by atomic mass is 10.2. The molecule has 1 aliphatic heterocycles. The Morgan fingerprint density at radius 1 is 1.43 bits per heavy atom. The molecule has 116 valence electrons. The summed E-state index contributed by atoms with van der Waals surface area (Å²) >= 11 is 0. The molecule has 0 spiro atoms. The van der Waals surface area contributed by atoms with Crippen molar-refractivity contribution in [3.05, 3.63) is 18.2 Å². The maximum Gasteiger partial charge on any atom is 0.225 e. The molecule has 1 aromatic rings. The maximum atomic E-state index is 12.0. The van der Waals surface area contributed by atoms with E-state index in [0.29, 0.717) is 23.5 Å². The van der Waals surface area contributed by atoms with E-state index >= 15 is 0 Å². The molecule has 0 radical (unpaired) electrons. The number of carbonyl (C=O) groups is 1. The number of ether oxygens (including phenoxy) is 2. The Hall–Kier alpha value is -1.79. The van der Waals surface area contributed by atoms with Gasteiger partial charge in [-0.3, -0.25) is 4.79 Å². The SMILES string of the molecule is COc1ccc(NC(=O)CCN2CCCOCC2)c(N)c1. The molecule has 0 saturated carbocycles. The zero-order chi connectivity index (χ0) is 15.1. The minimum absolute atomic E-state index is 0.0305. The van der Waals surface area contributed by atoms with Crippen LogP contribution in [0.2, 0.25) is 0 Å². The first-order chi connectivity index (χ1) is 10.2. The molecule has 2 rings (SSSR count). The lowest BCUT2D eigenvalue weighted by molar-refractivity contribution is -0.116. The number of nitrogen functional groups attached to an aromatic ring is 1. The highest BCUT2D eigenvalue weighted by molar-refractivity contribution is 5.94. The Morgan fingerprint density at radius 3 is 3.05 bits per heavy atom. The van der Waals surface area contributed by atoms with Crippen molar-refractivity contribution in [3.8, 4) is 5.75 Å². The first-order valence-electron chi connectivity index (χ1n) is 7.22. The van der Waals surface area contributed by atoms with E-state index in [0.717, 1.165) is 39.3 Å². The average molecular weight is 293 g/mol. The molecular weight excluding hydrogens is 270 g/mol. The molecule has 0 bridgehead atoms. The molecule has 1 fully saturated rings. The van der Waals surface area contributed by atoms with Crippen molar-refractivity contribution >= 4 is 17.3 Å². The summed E-state index contributed by atoms with van der Waals surface area (Å²) < 4.78 is 10.5. The Kier molecular flexibility index (Phi) is 5.83. The van der Waals surface area contributed by atoms with Crippen LogP contribution in [0.3, 0.4) is 0 Å². The van der Waals surface area contributed by atoms with Gasteiger partial charge in [0, 0.05) is 38.7 Å². The lowest BCUT2D eigenvalue weighted by Crippen LogP contribution is -2.30. The van der Waals surface area contributed by atoms with Gasteiger partial charge < -0.3 is 25.4 Å². The minimum atomic E-state index is -0.0305. The fraction of sp³-hybridized carbons (Fsp3) is 0.533. The van der Waals surface area contributed by atoms with Gasteiger partial charge in [-0.1, -0.05) is 0 Å². The summed E-state index contributed by atoms with van der Waals surface area (Å²) in [5.41, 5.74) is 7.01. The van der Waals surface area contributed by atoms with E-state index in [4.69, 9.17) is 15.2 Å². The Labute approximate surface area is 125 Å². The van der Waals surface area contributed by atoms with E-state index in [-0.39, 0.29) is 5.91 Å². The topological polar surface area (TPSA) is 76.8 Å². The van der Waals surface area contributed by atoms with Crippen LogP contribution in [-0.2, 0) is 9.53 Å². The molecule has 0 atom stereocenters. The largest absolute Gasteiger partial charge is 0.497 e. The predicted molar refractivity (Wildman–Crippen MR) is 82.5 cm³/mol. The van der Waals surface area contributed by atoms with Crippen molar-refractivity contribution in [1.82, 2.24) is 4.90 Å². The average Bonchev–Trinajstić information content (AvgIpc) is 2.76. The van der Waals surface area contributed by atoms with Gasteiger partial charge in [0.2, 0.25) is 5.91 Å². The number of nitrogens with zero attached hydrogens (tertiary/aromatic N) is 1. The van der Waals surface area contributed by atoms with Gasteiger partial charge in [0.05, 0.1) is 25.1 Å². The van der Waals surface area contributed by atoms with Gasteiger partial charge in [-0.25, -0.2) is 0 Å². The number of rotatable bonds is 5. The summed E-state index contributed by atoms with van der Waals surface area (Å²) in [5.74, 6) is 0.645. The van der Waals surface area contributed by atoms with Crippen LogP contribution in [0.25, 0.3) is 0 Å². The van der Waals surface area contributed by atoms with Gasteiger partial charge in [-0.2, -0.15) is 0 Å². The van der Waals surface area contributed by atoms with Crippen LogP contribution >= 0.6 is 0 Å². The van der Waals surface area contributed by atoms with Gasteiger partial charge in [-0.15, -0.1) is 0 Å². The van der Waals surface area contributed by atoms with E-state index < -0.39 is 0 Å². The molecule has 0 aromatic heterocycles. The third kappa shape index (κ3) is 4.91. The number of nitrogens with two attached hydrogens (primary N) is 1. The minimum Gasteiger partial charge on any atom is -0.497 e. The number of amides is 1. The summed E-state index contributed by atoms with van der Waals surface area (Å²) in [5, 5.41) is 2.84. The van der Waals surface area contributed by atoms with Crippen LogP contribution in [-0.4, -0.2) is 50.8 Å². The quantitative estimate of drug-likeness (QED) is 0.801. The second kappa shape index (κ2) is 7.85. The number of hydrogen-bond acceptors (Lipinski definition) is 5. The molecule has 0 aliphatic carbocycles. The molecule has 1 heterocycles. The number of methoxy groups -OCH3 is 1. The third-order valence-corrected chi connectivity index (χ3v) is 3.50. The van der Waals surface area contributed by atoms with Crippen LogP contribution in [0.1, 0.15) is 12.8 Å². The van der Waals surface area contributed by atoms with Gasteiger partial charge in [0.25, 0.3) is 0 Å². The number of benzene rings is 1. The lowest BCUT2D eigenvalue weighted by Gasteiger charge is -2.18. The number of nitrogens with one attached hydrogen (secondary N) is 1. The second-order valence-electron chi connectivity index (χ2n) is 5.06. The molecule has 0 unspecified atom stereocenters. The van der Waals surface area contributed by atoms with Crippen molar-refractivity contribution in [3.63, 3.8) is 0 Å². The van der Waals surface area contributed by atoms with Crippen LogP contribution < -0.4 is 15.8 Å². The van der Waals surface area contributed by atoms with E-state index in [9.17, 15) is 4.79 Å². The van der Waals surface area contributed by atoms with Crippen LogP contribution in [0.5, 0.6) is 5.75 Å². The molecular formula is C15H23N3O3. The smallest absolute Gasteiger partial charge is 0.225 e. The van der Waals surface area contributed by atoms with Crippen molar-refractivity contribution in [2.45, 2.75) is 12.8 Å². The van der Waals surface area contributed by atoms with Crippen molar-refractivity contribution in [2.75, 3.05) is 51.0 Å². The van der Waals surface area contributed by atoms with Gasteiger partial charge in [0.1, 0.15) is 5.75 Å². The summed E-state index contributed by atoms with van der Waals surface area (Å²) in [6, 6.07) is 5.23. The summed E-state index contributed by atoms with van der Waals surface area (Å²) in [7, 11) is 1.58. The third-order valence-electron chi connectivity index (χ3n) is 3.50. The van der Waals surface area contributed by atoms with Gasteiger partial charge in [0.15, 0.2) is 0 Å².